The lowest BCUT2D eigenvalue weighted by molar-refractivity contribution is 0.181. The zero-order chi connectivity index (χ0) is 18.0. The SMILES string of the molecule is CCn1nc(C)c(CN2CCN(S(=O)(=O)Cc3ccon3)CC2)c1C. The highest BCUT2D eigenvalue weighted by Crippen LogP contribution is 2.18. The summed E-state index contributed by atoms with van der Waals surface area (Å²) in [5, 5.41) is 8.25. The smallest absolute Gasteiger partial charge is 0.220 e. The molecule has 0 aromatic carbocycles. The maximum atomic E-state index is 12.5. The molecule has 25 heavy (non-hydrogen) atoms. The Bertz CT molecular complexity index is 805. The number of piperazine rings is 1. The first kappa shape index (κ1) is 18.1. The Kier molecular flexibility index (Phi) is 5.26. The summed E-state index contributed by atoms with van der Waals surface area (Å²) in [5.74, 6) is -0.106. The fraction of sp³-hybridized carbons (Fsp3) is 0.625. The molecule has 3 rings (SSSR count). The maximum Gasteiger partial charge on any atom is 0.220 e. The minimum Gasteiger partial charge on any atom is -0.364 e. The van der Waals surface area contributed by atoms with Crippen LogP contribution in [0.4, 0.5) is 0 Å². The number of nitrogens with zero attached hydrogens (tertiary/aromatic N) is 5. The molecule has 2 aromatic heterocycles. The molecule has 0 bridgehead atoms. The lowest BCUT2D eigenvalue weighted by Crippen LogP contribution is -2.48. The van der Waals surface area contributed by atoms with Crippen LogP contribution in [0.3, 0.4) is 0 Å². The molecule has 9 heteroatoms. The van der Waals surface area contributed by atoms with Crippen molar-refractivity contribution in [2.45, 2.75) is 39.6 Å². The van der Waals surface area contributed by atoms with Crippen LogP contribution < -0.4 is 0 Å². The van der Waals surface area contributed by atoms with E-state index in [9.17, 15) is 8.42 Å². The molecule has 1 fully saturated rings. The van der Waals surface area contributed by atoms with E-state index in [1.165, 1.54) is 17.5 Å². The minimum absolute atomic E-state index is 0.106. The molecular weight excluding hydrogens is 342 g/mol. The van der Waals surface area contributed by atoms with Gasteiger partial charge in [0.1, 0.15) is 12.0 Å². The summed E-state index contributed by atoms with van der Waals surface area (Å²) in [6.07, 6.45) is 1.39. The van der Waals surface area contributed by atoms with Gasteiger partial charge in [-0.1, -0.05) is 5.16 Å². The highest BCUT2D eigenvalue weighted by Gasteiger charge is 2.28. The molecule has 0 saturated carbocycles. The Balaban J connectivity index is 1.60. The first-order valence-electron chi connectivity index (χ1n) is 8.53. The third kappa shape index (κ3) is 3.94. The molecule has 0 unspecified atom stereocenters. The maximum absolute atomic E-state index is 12.5. The molecule has 3 heterocycles. The van der Waals surface area contributed by atoms with Gasteiger partial charge in [0.05, 0.1) is 11.4 Å². The molecule has 0 atom stereocenters. The van der Waals surface area contributed by atoms with Gasteiger partial charge >= 0.3 is 0 Å². The summed E-state index contributed by atoms with van der Waals surface area (Å²) in [5.41, 5.74) is 3.95. The minimum atomic E-state index is -3.35. The van der Waals surface area contributed by atoms with E-state index in [1.54, 1.807) is 10.4 Å². The van der Waals surface area contributed by atoms with Crippen LogP contribution in [0.25, 0.3) is 0 Å². The summed E-state index contributed by atoms with van der Waals surface area (Å²) >= 11 is 0. The molecule has 0 amide bonds. The van der Waals surface area contributed by atoms with Crippen molar-refractivity contribution in [3.8, 4) is 0 Å². The molecule has 0 aliphatic carbocycles. The normalized spacial score (nSPS) is 17.2. The summed E-state index contributed by atoms with van der Waals surface area (Å²) in [6.45, 7) is 10.3. The van der Waals surface area contributed by atoms with Crippen molar-refractivity contribution in [2.75, 3.05) is 26.2 Å². The summed E-state index contributed by atoms with van der Waals surface area (Å²) in [7, 11) is -3.35. The fourth-order valence-corrected chi connectivity index (χ4v) is 4.68. The van der Waals surface area contributed by atoms with Gasteiger partial charge in [-0.05, 0) is 20.8 Å². The van der Waals surface area contributed by atoms with Gasteiger partial charge in [-0.25, -0.2) is 8.42 Å². The third-order valence-electron chi connectivity index (χ3n) is 4.76. The average Bonchev–Trinajstić information content (AvgIpc) is 3.18. The van der Waals surface area contributed by atoms with Crippen LogP contribution in [0.1, 0.15) is 29.6 Å². The van der Waals surface area contributed by atoms with Crippen LogP contribution in [0, 0.1) is 13.8 Å². The number of hydrogen-bond acceptors (Lipinski definition) is 6. The first-order chi connectivity index (χ1) is 11.9. The summed E-state index contributed by atoms with van der Waals surface area (Å²) in [6, 6.07) is 1.59. The summed E-state index contributed by atoms with van der Waals surface area (Å²) in [4.78, 5) is 2.29. The molecule has 2 aromatic rings. The summed E-state index contributed by atoms with van der Waals surface area (Å²) < 4.78 is 33.2. The van der Waals surface area contributed by atoms with Gasteiger partial charge in [0.15, 0.2) is 0 Å². The lowest BCUT2D eigenvalue weighted by Gasteiger charge is -2.33. The Morgan fingerprint density at radius 3 is 2.48 bits per heavy atom. The van der Waals surface area contributed by atoms with Gasteiger partial charge in [-0.3, -0.25) is 9.58 Å². The van der Waals surface area contributed by atoms with Crippen LogP contribution in [-0.4, -0.2) is 58.7 Å². The largest absolute Gasteiger partial charge is 0.364 e. The average molecular weight is 367 g/mol. The van der Waals surface area contributed by atoms with E-state index >= 15 is 0 Å². The molecule has 0 spiro atoms. The van der Waals surface area contributed by atoms with Gasteiger partial charge in [0, 0.05) is 56.6 Å². The highest BCUT2D eigenvalue weighted by molar-refractivity contribution is 7.88. The number of rotatable bonds is 6. The third-order valence-corrected chi connectivity index (χ3v) is 6.57. The van der Waals surface area contributed by atoms with Gasteiger partial charge < -0.3 is 4.52 Å². The van der Waals surface area contributed by atoms with Crippen molar-refractivity contribution in [2.24, 2.45) is 0 Å². The van der Waals surface area contributed by atoms with Crippen molar-refractivity contribution in [3.05, 3.63) is 35.0 Å². The van der Waals surface area contributed by atoms with Crippen LogP contribution in [0.15, 0.2) is 16.9 Å². The van der Waals surface area contributed by atoms with E-state index in [0.29, 0.717) is 31.9 Å². The van der Waals surface area contributed by atoms with Crippen molar-refractivity contribution in [3.63, 3.8) is 0 Å². The molecule has 1 saturated heterocycles. The molecule has 1 aliphatic heterocycles. The van der Waals surface area contributed by atoms with Gasteiger partial charge in [0.25, 0.3) is 0 Å². The molecule has 1 aliphatic rings. The number of aryl methyl sites for hydroxylation is 2. The predicted molar refractivity (Wildman–Crippen MR) is 93.4 cm³/mol. The van der Waals surface area contributed by atoms with Crippen molar-refractivity contribution >= 4 is 10.0 Å². The predicted octanol–water partition coefficient (Wildman–Crippen LogP) is 1.16. The second-order valence-electron chi connectivity index (χ2n) is 6.39. The number of hydrogen-bond donors (Lipinski definition) is 0. The van der Waals surface area contributed by atoms with E-state index in [0.717, 1.165) is 18.8 Å². The molecule has 138 valence electrons. The topological polar surface area (TPSA) is 84.5 Å². The Morgan fingerprint density at radius 1 is 1.20 bits per heavy atom. The number of aromatic nitrogens is 3. The van der Waals surface area contributed by atoms with Gasteiger partial charge in [-0.2, -0.15) is 9.40 Å². The van der Waals surface area contributed by atoms with E-state index in [4.69, 9.17) is 4.52 Å². The van der Waals surface area contributed by atoms with Crippen LogP contribution in [-0.2, 0) is 28.9 Å². The van der Waals surface area contributed by atoms with E-state index < -0.39 is 10.0 Å². The Labute approximate surface area is 148 Å². The van der Waals surface area contributed by atoms with Gasteiger partial charge in [-0.15, -0.1) is 0 Å². The zero-order valence-electron chi connectivity index (χ0n) is 15.0. The fourth-order valence-electron chi connectivity index (χ4n) is 3.25. The van der Waals surface area contributed by atoms with E-state index in [2.05, 4.69) is 29.0 Å². The zero-order valence-corrected chi connectivity index (χ0v) is 15.8. The monoisotopic (exact) mass is 367 g/mol. The standard InChI is InChI=1S/C16H25N5O3S/c1-4-21-14(3)16(13(2)17-21)11-19-6-8-20(9-7-19)25(22,23)12-15-5-10-24-18-15/h5,10H,4,6-9,11-12H2,1-3H3. The second-order valence-corrected chi connectivity index (χ2v) is 8.36. The second kappa shape index (κ2) is 7.27. The first-order valence-corrected chi connectivity index (χ1v) is 10.1. The van der Waals surface area contributed by atoms with Crippen LogP contribution >= 0.6 is 0 Å². The van der Waals surface area contributed by atoms with Crippen molar-refractivity contribution in [1.82, 2.24) is 24.1 Å². The number of sulfonamides is 1. The quantitative estimate of drug-likeness (QED) is 0.762. The Morgan fingerprint density at radius 2 is 1.92 bits per heavy atom. The van der Waals surface area contributed by atoms with E-state index in [1.807, 2.05) is 11.6 Å². The van der Waals surface area contributed by atoms with E-state index in [-0.39, 0.29) is 5.75 Å². The highest BCUT2D eigenvalue weighted by atomic mass is 32.2. The molecule has 8 nitrogen and oxygen atoms in total. The van der Waals surface area contributed by atoms with Crippen LogP contribution in [0.2, 0.25) is 0 Å². The Hall–Kier alpha value is -1.71. The molecule has 0 N–H and O–H groups in total. The van der Waals surface area contributed by atoms with Crippen molar-refractivity contribution in [1.29, 1.82) is 0 Å². The van der Waals surface area contributed by atoms with Crippen LogP contribution in [0.5, 0.6) is 0 Å². The van der Waals surface area contributed by atoms with Crippen molar-refractivity contribution < 1.29 is 12.9 Å². The van der Waals surface area contributed by atoms with Gasteiger partial charge in [0.2, 0.25) is 10.0 Å². The molecule has 0 radical (unpaired) electrons. The molecular formula is C16H25N5O3S. The lowest BCUT2D eigenvalue weighted by atomic mass is 10.1.